The first-order valence-corrected chi connectivity index (χ1v) is 20.4. The fourth-order valence-corrected chi connectivity index (χ4v) is 12.9. The molecule has 5 nitrogen and oxygen atoms in total. The molecule has 262 valence electrons. The van der Waals surface area contributed by atoms with Gasteiger partial charge in [0.15, 0.2) is 0 Å². The van der Waals surface area contributed by atoms with Crippen LogP contribution in [0.2, 0.25) is 0 Å². The summed E-state index contributed by atoms with van der Waals surface area (Å²) < 4.78 is 17.2. The van der Waals surface area contributed by atoms with Gasteiger partial charge in [0.25, 0.3) is 0 Å². The number of hydrogen-bond acceptors (Lipinski definition) is 5. The van der Waals surface area contributed by atoms with Crippen LogP contribution in [-0.4, -0.2) is 56.6 Å². The van der Waals surface area contributed by atoms with Crippen LogP contribution < -0.4 is 5.73 Å². The molecule has 1 aliphatic heterocycles. The van der Waals surface area contributed by atoms with Crippen molar-refractivity contribution in [2.24, 2.45) is 53.1 Å². The smallest absolute Gasteiger partial charge is 0.0989 e. The van der Waals surface area contributed by atoms with Gasteiger partial charge in [0.1, 0.15) is 0 Å². The molecule has 0 bridgehead atoms. The summed E-state index contributed by atoms with van der Waals surface area (Å²) in [5.41, 5.74) is 9.25. The number of ether oxygens (including phenoxy) is 3. The summed E-state index contributed by atoms with van der Waals surface area (Å²) in [6.45, 7) is 0. The van der Waals surface area contributed by atoms with E-state index >= 15 is 0 Å². The van der Waals surface area contributed by atoms with Gasteiger partial charge in [0.05, 0.1) is 24.1 Å². The van der Waals surface area contributed by atoms with E-state index in [9.17, 15) is 0 Å². The van der Waals surface area contributed by atoms with Crippen LogP contribution in [0.15, 0.2) is 11.4 Å². The van der Waals surface area contributed by atoms with Crippen LogP contribution in [0.1, 0.15) is 148 Å². The molecule has 6 saturated carbocycles. The molecule has 2 N–H and O–H groups in total. The molecule has 5 heteroatoms. The van der Waals surface area contributed by atoms with E-state index in [0.717, 1.165) is 47.3 Å². The van der Waals surface area contributed by atoms with Crippen LogP contribution in [0.25, 0.3) is 0 Å². The Hall–Kier alpha value is -0.780. The monoisotopic (exact) mass is 639 g/mol. The second-order valence-corrected chi connectivity index (χ2v) is 17.5. The van der Waals surface area contributed by atoms with E-state index in [4.69, 9.17) is 19.9 Å². The van der Waals surface area contributed by atoms with Gasteiger partial charge in [-0.05, 0) is 195 Å². The highest BCUT2D eigenvalue weighted by molar-refractivity contribution is 5.29. The number of methoxy groups -OCH3 is 3. The lowest BCUT2D eigenvalue weighted by molar-refractivity contribution is 0.0214. The van der Waals surface area contributed by atoms with Gasteiger partial charge in [-0.3, -0.25) is 0 Å². The van der Waals surface area contributed by atoms with Crippen molar-refractivity contribution < 1.29 is 14.2 Å². The fraction of sp³-hybridized carbons (Fsp3) is 0.951. The summed E-state index contributed by atoms with van der Waals surface area (Å²) in [7, 11) is 5.74. The van der Waals surface area contributed by atoms with E-state index in [1.807, 2.05) is 21.3 Å². The molecular weight excluding hydrogens is 568 g/mol. The molecule has 0 saturated heterocycles. The van der Waals surface area contributed by atoms with Crippen molar-refractivity contribution in [3.05, 3.63) is 11.4 Å². The predicted octanol–water partition coefficient (Wildman–Crippen LogP) is 9.24. The molecule has 46 heavy (non-hydrogen) atoms. The molecule has 7 rings (SSSR count). The van der Waals surface area contributed by atoms with E-state index in [-0.39, 0.29) is 0 Å². The molecule has 6 fully saturated rings. The summed E-state index contributed by atoms with van der Waals surface area (Å²) in [4.78, 5) is 2.90. The van der Waals surface area contributed by atoms with Crippen molar-refractivity contribution in [3.8, 4) is 0 Å². The average Bonchev–Trinajstić information content (AvgIpc) is 3.42. The van der Waals surface area contributed by atoms with Crippen molar-refractivity contribution in [1.82, 2.24) is 4.90 Å². The molecule has 0 aromatic rings. The molecule has 0 aromatic heterocycles. The summed E-state index contributed by atoms with van der Waals surface area (Å²) in [6, 6.07) is 1.36. The van der Waals surface area contributed by atoms with E-state index in [1.165, 1.54) is 153 Å². The van der Waals surface area contributed by atoms with Crippen LogP contribution >= 0.6 is 0 Å². The largest absolute Gasteiger partial charge is 0.385 e. The highest BCUT2D eigenvalue weighted by Crippen LogP contribution is 2.54. The molecule has 3 unspecified atom stereocenters. The van der Waals surface area contributed by atoms with Gasteiger partial charge in [-0.15, -0.1) is 0 Å². The molecule has 1 heterocycles. The maximum atomic E-state index is 7.48. The van der Waals surface area contributed by atoms with Crippen molar-refractivity contribution >= 4 is 0 Å². The van der Waals surface area contributed by atoms with Crippen LogP contribution in [0.4, 0.5) is 0 Å². The van der Waals surface area contributed by atoms with Crippen LogP contribution in [0.5, 0.6) is 0 Å². The van der Waals surface area contributed by atoms with Crippen LogP contribution in [0.3, 0.4) is 0 Å². The maximum absolute atomic E-state index is 7.48. The number of nitrogens with two attached hydrogens (primary N) is 1. The minimum Gasteiger partial charge on any atom is -0.385 e. The van der Waals surface area contributed by atoms with Crippen LogP contribution in [-0.2, 0) is 14.2 Å². The standard InChI is InChI=1S/C41H70N2O3/c1-44-35-19-10-29(11-20-35)27-4-6-32(7-5-27)40-38-26-33(31-14-23-37(46-3)24-15-31)16-25-39(38)43(41(40)42)34-17-8-28(9-18-34)30-12-21-36(45-2)22-13-30/h27-39H,4-26,42H2,1-3H3. The molecule has 6 aliphatic carbocycles. The molecule has 0 amide bonds. The highest BCUT2D eigenvalue weighted by atomic mass is 16.5. The predicted molar refractivity (Wildman–Crippen MR) is 187 cm³/mol. The second kappa shape index (κ2) is 15.4. The Bertz CT molecular complexity index is 976. The van der Waals surface area contributed by atoms with Crippen LogP contribution in [0, 0.1) is 47.3 Å². The maximum Gasteiger partial charge on any atom is 0.0989 e. The van der Waals surface area contributed by atoms with Gasteiger partial charge >= 0.3 is 0 Å². The van der Waals surface area contributed by atoms with Gasteiger partial charge in [-0.2, -0.15) is 0 Å². The van der Waals surface area contributed by atoms with E-state index < -0.39 is 0 Å². The summed E-state index contributed by atoms with van der Waals surface area (Å²) in [5.74, 6) is 8.29. The van der Waals surface area contributed by atoms with Gasteiger partial charge in [-0.1, -0.05) is 0 Å². The minimum absolute atomic E-state index is 0.505. The fourth-order valence-electron chi connectivity index (χ4n) is 12.9. The summed E-state index contributed by atoms with van der Waals surface area (Å²) in [5, 5.41) is 0. The van der Waals surface area contributed by atoms with Gasteiger partial charge < -0.3 is 24.8 Å². The molecule has 0 spiro atoms. The highest BCUT2D eigenvalue weighted by Gasteiger charge is 2.50. The Morgan fingerprint density at radius 3 is 1.26 bits per heavy atom. The minimum atomic E-state index is 0.505. The van der Waals surface area contributed by atoms with E-state index in [0.29, 0.717) is 30.4 Å². The molecule has 3 atom stereocenters. The first-order valence-electron chi connectivity index (χ1n) is 20.4. The molecule has 0 aromatic carbocycles. The molecular formula is C41H70N2O3. The number of fused-ring (bicyclic) bond motifs is 1. The Balaban J connectivity index is 1.02. The topological polar surface area (TPSA) is 57.0 Å². The lowest BCUT2D eigenvalue weighted by Gasteiger charge is -2.46. The zero-order valence-electron chi connectivity index (χ0n) is 30.0. The number of hydrogen-bond donors (Lipinski definition) is 1. The third-order valence-electron chi connectivity index (χ3n) is 15.7. The number of rotatable bonds is 8. The van der Waals surface area contributed by atoms with Crippen molar-refractivity contribution in [2.75, 3.05) is 21.3 Å². The van der Waals surface area contributed by atoms with Crippen molar-refractivity contribution in [3.63, 3.8) is 0 Å². The van der Waals surface area contributed by atoms with E-state index in [2.05, 4.69) is 4.90 Å². The summed E-state index contributed by atoms with van der Waals surface area (Å²) >= 11 is 0. The first-order chi connectivity index (χ1) is 22.6. The zero-order valence-corrected chi connectivity index (χ0v) is 30.0. The van der Waals surface area contributed by atoms with Crippen molar-refractivity contribution in [2.45, 2.75) is 178 Å². The van der Waals surface area contributed by atoms with E-state index in [1.54, 1.807) is 5.57 Å². The molecule has 7 aliphatic rings. The zero-order chi connectivity index (χ0) is 31.6. The summed E-state index contributed by atoms with van der Waals surface area (Å²) in [6.07, 6.45) is 33.0. The quantitative estimate of drug-likeness (QED) is 0.287. The average molecular weight is 639 g/mol. The second-order valence-electron chi connectivity index (χ2n) is 17.5. The van der Waals surface area contributed by atoms with Crippen molar-refractivity contribution in [1.29, 1.82) is 0 Å². The first kappa shape index (κ1) is 33.7. The third-order valence-corrected chi connectivity index (χ3v) is 15.7. The lowest BCUT2D eigenvalue weighted by Crippen LogP contribution is -2.47. The Morgan fingerprint density at radius 2 is 0.826 bits per heavy atom. The van der Waals surface area contributed by atoms with Gasteiger partial charge in [-0.25, -0.2) is 0 Å². The SMILES string of the molecule is COC1CCC(C2CCC(C3=C(N)N(C4CCC(C5CCC(OC)CC5)CC4)C4CCC(C5CCC(OC)CC5)CC34)CC2)CC1. The number of nitrogens with zero attached hydrogens (tertiary/aromatic N) is 1. The van der Waals surface area contributed by atoms with Gasteiger partial charge in [0.2, 0.25) is 0 Å². The Kier molecular flexibility index (Phi) is 11.3. The normalized spacial score (nSPS) is 45.9. The Morgan fingerprint density at radius 1 is 0.457 bits per heavy atom. The third kappa shape index (κ3) is 7.09. The lowest BCUT2D eigenvalue weighted by atomic mass is 9.64. The Labute approximate surface area is 282 Å². The van der Waals surface area contributed by atoms with Gasteiger partial charge in [0, 0.05) is 39.3 Å². The molecule has 0 radical (unpaired) electrons.